The van der Waals surface area contributed by atoms with Crippen LogP contribution in [0, 0.1) is 0 Å². The molecule has 0 radical (unpaired) electrons. The van der Waals surface area contributed by atoms with Gasteiger partial charge >= 0.3 is 0 Å². The molecule has 1 aromatic heterocycles. The summed E-state index contributed by atoms with van der Waals surface area (Å²) in [6.45, 7) is 1.89. The van der Waals surface area contributed by atoms with Crippen LogP contribution in [-0.4, -0.2) is 42.2 Å². The van der Waals surface area contributed by atoms with Crippen molar-refractivity contribution in [1.29, 1.82) is 0 Å². The average Bonchev–Trinajstić information content (AvgIpc) is 3.01. The Balaban J connectivity index is 2.18. The van der Waals surface area contributed by atoms with Crippen LogP contribution in [0.3, 0.4) is 0 Å². The van der Waals surface area contributed by atoms with Crippen LogP contribution in [0.2, 0.25) is 0 Å². The van der Waals surface area contributed by atoms with Crippen molar-refractivity contribution in [1.82, 2.24) is 9.31 Å². The maximum Gasteiger partial charge on any atom is 0.279 e. The van der Waals surface area contributed by atoms with Crippen molar-refractivity contribution in [3.05, 3.63) is 45.9 Å². The number of rotatable bonds is 5. The molecule has 0 saturated carbocycles. The molecule has 2 N–H and O–H groups in total. The van der Waals surface area contributed by atoms with Crippen molar-refractivity contribution in [3.63, 3.8) is 0 Å². The van der Waals surface area contributed by atoms with Gasteiger partial charge in [-0.15, -0.1) is 11.3 Å². The summed E-state index contributed by atoms with van der Waals surface area (Å²) in [7, 11) is -3.82. The number of carbonyl (C=O) groups is 2. The quantitative estimate of drug-likeness (QED) is 0.367. The predicted octanol–water partition coefficient (Wildman–Crippen LogP) is 1.09. The fraction of sp³-hybridized carbons (Fsp3) is 0.286. The number of amides is 1. The molecule has 23 heavy (non-hydrogen) atoms. The number of hydrogen-bond acceptors (Lipinski definition) is 7. The molecule has 1 aromatic rings. The van der Waals surface area contributed by atoms with Gasteiger partial charge in [-0.1, -0.05) is 12.1 Å². The fourth-order valence-electron chi connectivity index (χ4n) is 1.99. The van der Waals surface area contributed by atoms with E-state index in [9.17, 15) is 18.0 Å². The number of thiophene rings is 1. The third-order valence-corrected chi connectivity index (χ3v) is 5.12. The van der Waals surface area contributed by atoms with Crippen molar-refractivity contribution < 1.29 is 18.0 Å². The van der Waals surface area contributed by atoms with Crippen molar-refractivity contribution in [2.24, 2.45) is 5.84 Å². The van der Waals surface area contributed by atoms with Gasteiger partial charge < -0.3 is 4.90 Å². The van der Waals surface area contributed by atoms with Crippen LogP contribution in [0.25, 0.3) is 0 Å². The van der Waals surface area contributed by atoms with Gasteiger partial charge in [-0.2, -0.15) is 4.41 Å². The zero-order valence-electron chi connectivity index (χ0n) is 12.7. The second kappa shape index (κ2) is 6.65. The maximum absolute atomic E-state index is 12.2. The largest absolute Gasteiger partial charge is 0.344 e. The van der Waals surface area contributed by atoms with E-state index in [2.05, 4.69) is 0 Å². The Bertz CT molecular complexity index is 779. The number of carbonyl (C=O) groups excluding carboxylic acids is 2. The van der Waals surface area contributed by atoms with Crippen LogP contribution >= 0.6 is 11.3 Å². The van der Waals surface area contributed by atoms with Gasteiger partial charge in [0.05, 0.1) is 17.7 Å². The van der Waals surface area contributed by atoms with Gasteiger partial charge in [-0.25, -0.2) is 14.3 Å². The molecule has 0 atom stereocenters. The average molecular weight is 355 g/mol. The Hall–Kier alpha value is -1.97. The van der Waals surface area contributed by atoms with E-state index in [1.165, 1.54) is 17.5 Å². The van der Waals surface area contributed by atoms with Crippen molar-refractivity contribution in [3.8, 4) is 0 Å². The number of Topliss-reactive ketones (excluding diaryl/α,β-unsaturated/α-hetero) is 1. The summed E-state index contributed by atoms with van der Waals surface area (Å²) < 4.78 is 22.9. The molecule has 1 amide bonds. The Morgan fingerprint density at radius 3 is 2.70 bits per heavy atom. The first-order valence-corrected chi connectivity index (χ1v) is 9.43. The van der Waals surface area contributed by atoms with E-state index in [0.717, 1.165) is 12.0 Å². The van der Waals surface area contributed by atoms with Crippen LogP contribution in [0.5, 0.6) is 0 Å². The molecule has 2 rings (SSSR count). The van der Waals surface area contributed by atoms with Crippen LogP contribution in [0.4, 0.5) is 0 Å². The lowest BCUT2D eigenvalue weighted by Gasteiger charge is -2.26. The minimum Gasteiger partial charge on any atom is -0.344 e. The van der Waals surface area contributed by atoms with E-state index in [-0.39, 0.29) is 28.7 Å². The van der Waals surface area contributed by atoms with Gasteiger partial charge in [0.25, 0.3) is 5.91 Å². The summed E-state index contributed by atoms with van der Waals surface area (Å²) >= 11 is 1.35. The molecule has 0 saturated heterocycles. The van der Waals surface area contributed by atoms with Crippen molar-refractivity contribution >= 4 is 33.1 Å². The van der Waals surface area contributed by atoms with E-state index >= 15 is 0 Å². The van der Waals surface area contributed by atoms with Crippen molar-refractivity contribution in [2.75, 3.05) is 12.8 Å². The fourth-order valence-corrected chi connectivity index (χ4v) is 3.07. The molecule has 124 valence electrons. The monoisotopic (exact) mass is 355 g/mol. The standard InChI is InChI=1S/C14H17N3O4S2/c1-10-5-6-11(14(19)17(15)23(2,20)21)8-16(10)9-12(18)13-4-3-7-22-13/h3-5,7-8H,6,9,15H2,1-2H3. The number of allylic oxidation sites excluding steroid dienone is 2. The summed E-state index contributed by atoms with van der Waals surface area (Å²) in [6, 6.07) is 3.52. The zero-order valence-corrected chi connectivity index (χ0v) is 14.4. The Kier molecular flexibility index (Phi) is 5.03. The zero-order chi connectivity index (χ0) is 17.2. The van der Waals surface area contributed by atoms with E-state index in [4.69, 9.17) is 5.84 Å². The first kappa shape index (κ1) is 17.4. The second-order valence-corrected chi connectivity index (χ2v) is 7.90. The lowest BCUT2D eigenvalue weighted by Crippen LogP contribution is -2.43. The number of sulfonamides is 1. The maximum atomic E-state index is 12.2. The van der Waals surface area contributed by atoms with Crippen LogP contribution in [0.1, 0.15) is 23.0 Å². The summed E-state index contributed by atoms with van der Waals surface area (Å²) in [5.74, 6) is 4.45. The van der Waals surface area contributed by atoms with Crippen molar-refractivity contribution in [2.45, 2.75) is 13.3 Å². The molecule has 0 bridgehead atoms. The summed E-state index contributed by atoms with van der Waals surface area (Å²) in [6.07, 6.45) is 4.35. The molecular weight excluding hydrogens is 338 g/mol. The molecule has 1 aliphatic rings. The number of nitrogens with two attached hydrogens (primary N) is 1. The highest BCUT2D eigenvalue weighted by molar-refractivity contribution is 7.88. The number of hydrogen-bond donors (Lipinski definition) is 1. The topological polar surface area (TPSA) is 101 Å². The first-order chi connectivity index (χ1) is 10.7. The third kappa shape index (κ3) is 4.06. The minimum absolute atomic E-state index is 0.0725. The molecule has 9 heteroatoms. The van der Waals surface area contributed by atoms with Crippen LogP contribution in [-0.2, 0) is 14.8 Å². The second-order valence-electron chi connectivity index (χ2n) is 5.10. The molecule has 0 aromatic carbocycles. The van der Waals surface area contributed by atoms with E-state index in [1.807, 2.05) is 12.3 Å². The SMILES string of the molecule is CC1=CCC(C(=O)N(N)S(C)(=O)=O)=CN1CC(=O)c1cccs1. The Morgan fingerprint density at radius 1 is 1.43 bits per heavy atom. The number of nitrogens with zero attached hydrogens (tertiary/aromatic N) is 2. The van der Waals surface area contributed by atoms with Gasteiger partial charge in [-0.3, -0.25) is 9.59 Å². The lowest BCUT2D eigenvalue weighted by molar-refractivity contribution is -0.123. The lowest BCUT2D eigenvalue weighted by atomic mass is 10.1. The van der Waals surface area contributed by atoms with Gasteiger partial charge in [0.15, 0.2) is 5.78 Å². The highest BCUT2D eigenvalue weighted by Gasteiger charge is 2.26. The summed E-state index contributed by atoms with van der Waals surface area (Å²) in [5, 5.41) is 1.81. The smallest absolute Gasteiger partial charge is 0.279 e. The summed E-state index contributed by atoms with van der Waals surface area (Å²) in [5.41, 5.74) is 1.02. The summed E-state index contributed by atoms with van der Waals surface area (Å²) in [4.78, 5) is 26.6. The van der Waals surface area contributed by atoms with E-state index in [0.29, 0.717) is 4.88 Å². The third-order valence-electron chi connectivity index (χ3n) is 3.32. The molecule has 0 unspecified atom stereocenters. The normalized spacial score (nSPS) is 15.0. The first-order valence-electron chi connectivity index (χ1n) is 6.70. The molecule has 1 aliphatic heterocycles. The number of ketones is 1. The van der Waals surface area contributed by atoms with Gasteiger partial charge in [0, 0.05) is 17.5 Å². The highest BCUT2D eigenvalue weighted by atomic mass is 32.2. The molecule has 2 heterocycles. The van der Waals surface area contributed by atoms with Crippen LogP contribution in [0.15, 0.2) is 41.1 Å². The highest BCUT2D eigenvalue weighted by Crippen LogP contribution is 2.21. The Morgan fingerprint density at radius 2 is 2.13 bits per heavy atom. The number of hydrazine groups is 1. The molecule has 0 fully saturated rings. The predicted molar refractivity (Wildman–Crippen MR) is 87.7 cm³/mol. The Labute approximate surface area is 138 Å². The molecule has 0 spiro atoms. The van der Waals surface area contributed by atoms with E-state index in [1.54, 1.807) is 23.1 Å². The van der Waals surface area contributed by atoms with Crippen LogP contribution < -0.4 is 5.84 Å². The molecular formula is C14H17N3O4S2. The minimum atomic E-state index is -3.82. The van der Waals surface area contributed by atoms with Gasteiger partial charge in [-0.05, 0) is 24.8 Å². The molecule has 7 nitrogen and oxygen atoms in total. The molecule has 0 aliphatic carbocycles. The van der Waals surface area contributed by atoms with Gasteiger partial charge in [0.1, 0.15) is 0 Å². The van der Waals surface area contributed by atoms with Gasteiger partial charge in [0.2, 0.25) is 10.0 Å². The van der Waals surface area contributed by atoms with E-state index < -0.39 is 15.9 Å².